The SMILES string of the molecule is CN(Cc1cn2c(n1)CCCC2)S(=O)(=O)c1ccc2[nH]c(=O)c(=O)[nH]c2c1. The van der Waals surface area contributed by atoms with Gasteiger partial charge in [-0.05, 0) is 31.0 Å². The van der Waals surface area contributed by atoms with E-state index in [1.54, 1.807) is 0 Å². The molecule has 1 aliphatic heterocycles. The number of hydrogen-bond acceptors (Lipinski definition) is 5. The van der Waals surface area contributed by atoms with E-state index in [0.29, 0.717) is 11.2 Å². The first-order valence-corrected chi connectivity index (χ1v) is 10.1. The Kier molecular flexibility index (Phi) is 4.23. The second-order valence-corrected chi connectivity index (χ2v) is 8.72. The Hall–Kier alpha value is -2.72. The number of fused-ring (bicyclic) bond motifs is 2. The van der Waals surface area contributed by atoms with Crippen molar-refractivity contribution >= 4 is 21.1 Å². The lowest BCUT2D eigenvalue weighted by Gasteiger charge is -2.16. The van der Waals surface area contributed by atoms with E-state index in [9.17, 15) is 18.0 Å². The summed E-state index contributed by atoms with van der Waals surface area (Å²) in [6, 6.07) is 4.21. The molecular weight excluding hydrogens is 370 g/mol. The van der Waals surface area contributed by atoms with Crippen molar-refractivity contribution in [1.82, 2.24) is 23.8 Å². The average molecular weight is 389 g/mol. The van der Waals surface area contributed by atoms with Crippen molar-refractivity contribution in [1.29, 1.82) is 0 Å². The zero-order chi connectivity index (χ0) is 19.2. The van der Waals surface area contributed by atoms with Crippen LogP contribution in [0.4, 0.5) is 0 Å². The molecule has 0 radical (unpaired) electrons. The first-order valence-electron chi connectivity index (χ1n) is 8.62. The van der Waals surface area contributed by atoms with Crippen molar-refractivity contribution in [2.45, 2.75) is 37.2 Å². The molecule has 0 spiro atoms. The van der Waals surface area contributed by atoms with E-state index in [1.165, 1.54) is 29.6 Å². The van der Waals surface area contributed by atoms with Gasteiger partial charge in [-0.2, -0.15) is 4.31 Å². The van der Waals surface area contributed by atoms with Crippen LogP contribution in [0.1, 0.15) is 24.4 Å². The van der Waals surface area contributed by atoms with Crippen LogP contribution in [0.3, 0.4) is 0 Å². The third-order valence-electron chi connectivity index (χ3n) is 4.74. The maximum Gasteiger partial charge on any atom is 0.314 e. The van der Waals surface area contributed by atoms with Gasteiger partial charge in [0.1, 0.15) is 5.82 Å². The summed E-state index contributed by atoms with van der Waals surface area (Å²) in [4.78, 5) is 32.2. The number of hydrogen-bond donors (Lipinski definition) is 2. The molecule has 3 aromatic rings. The summed E-state index contributed by atoms with van der Waals surface area (Å²) in [7, 11) is -2.29. The maximum absolute atomic E-state index is 12.9. The van der Waals surface area contributed by atoms with Crippen molar-refractivity contribution < 1.29 is 8.42 Å². The van der Waals surface area contributed by atoms with Gasteiger partial charge in [0, 0.05) is 26.2 Å². The number of benzene rings is 1. The first kappa shape index (κ1) is 17.7. The van der Waals surface area contributed by atoms with Crippen molar-refractivity contribution in [2.75, 3.05) is 7.05 Å². The summed E-state index contributed by atoms with van der Waals surface area (Å²) in [6.45, 7) is 1.07. The van der Waals surface area contributed by atoms with Crippen LogP contribution in [0, 0.1) is 0 Å². The molecule has 0 saturated heterocycles. The minimum Gasteiger partial charge on any atom is -0.335 e. The largest absolute Gasteiger partial charge is 0.335 e. The molecule has 10 heteroatoms. The number of H-pyrrole nitrogens is 2. The van der Waals surface area contributed by atoms with Gasteiger partial charge in [0.05, 0.1) is 28.2 Å². The quantitative estimate of drug-likeness (QED) is 0.632. The minimum absolute atomic E-state index is 0.0316. The van der Waals surface area contributed by atoms with Crippen LogP contribution < -0.4 is 11.1 Å². The second-order valence-electron chi connectivity index (χ2n) is 6.68. The smallest absolute Gasteiger partial charge is 0.314 e. The Morgan fingerprint density at radius 3 is 2.63 bits per heavy atom. The van der Waals surface area contributed by atoms with Crippen LogP contribution in [0.5, 0.6) is 0 Å². The van der Waals surface area contributed by atoms with Gasteiger partial charge in [-0.25, -0.2) is 13.4 Å². The molecule has 0 amide bonds. The zero-order valence-electron chi connectivity index (χ0n) is 14.7. The highest BCUT2D eigenvalue weighted by atomic mass is 32.2. The van der Waals surface area contributed by atoms with E-state index < -0.39 is 21.1 Å². The van der Waals surface area contributed by atoms with Crippen molar-refractivity contribution in [3.05, 3.63) is 56.6 Å². The minimum atomic E-state index is -3.78. The number of nitrogens with zero attached hydrogens (tertiary/aromatic N) is 3. The van der Waals surface area contributed by atoms with Crippen LogP contribution >= 0.6 is 0 Å². The number of aromatic amines is 2. The molecule has 142 valence electrons. The maximum atomic E-state index is 12.9. The predicted octanol–water partition coefficient (Wildman–Crippen LogP) is 0.570. The Balaban J connectivity index is 1.64. The summed E-state index contributed by atoms with van der Waals surface area (Å²) in [5, 5.41) is 0. The lowest BCUT2D eigenvalue weighted by atomic mass is 10.2. The van der Waals surface area contributed by atoms with E-state index >= 15 is 0 Å². The molecule has 0 atom stereocenters. The topological polar surface area (TPSA) is 121 Å². The molecule has 3 heterocycles. The average Bonchev–Trinajstić information content (AvgIpc) is 3.04. The molecule has 0 aliphatic carbocycles. The summed E-state index contributed by atoms with van der Waals surface area (Å²) < 4.78 is 29.1. The molecule has 0 unspecified atom stereocenters. The highest BCUT2D eigenvalue weighted by molar-refractivity contribution is 7.89. The molecule has 4 rings (SSSR count). The normalized spacial score (nSPS) is 14.6. The third kappa shape index (κ3) is 3.21. The molecule has 1 aliphatic rings. The zero-order valence-corrected chi connectivity index (χ0v) is 15.5. The molecule has 0 fully saturated rings. The molecule has 2 aromatic heterocycles. The highest BCUT2D eigenvalue weighted by Gasteiger charge is 2.23. The molecule has 9 nitrogen and oxygen atoms in total. The van der Waals surface area contributed by atoms with Crippen LogP contribution in [0.2, 0.25) is 0 Å². The number of sulfonamides is 1. The molecule has 27 heavy (non-hydrogen) atoms. The summed E-state index contributed by atoms with van der Waals surface area (Å²) in [5.74, 6) is 0.995. The monoisotopic (exact) mass is 389 g/mol. The first-order chi connectivity index (χ1) is 12.8. The summed E-state index contributed by atoms with van der Waals surface area (Å²) in [5.41, 5.74) is -0.279. The van der Waals surface area contributed by atoms with Gasteiger partial charge in [-0.1, -0.05) is 0 Å². The highest BCUT2D eigenvalue weighted by Crippen LogP contribution is 2.21. The predicted molar refractivity (Wildman–Crippen MR) is 99.0 cm³/mol. The molecule has 0 saturated carbocycles. The fourth-order valence-electron chi connectivity index (χ4n) is 3.30. The molecule has 1 aromatic carbocycles. The molecular formula is C17H19N5O4S. The van der Waals surface area contributed by atoms with E-state index in [1.807, 2.05) is 6.20 Å². The number of nitrogens with one attached hydrogen (secondary N) is 2. The Morgan fingerprint density at radius 1 is 1.15 bits per heavy atom. The number of imidazole rings is 1. The number of aromatic nitrogens is 4. The van der Waals surface area contributed by atoms with Gasteiger partial charge < -0.3 is 14.5 Å². The van der Waals surface area contributed by atoms with E-state index in [4.69, 9.17) is 0 Å². The van der Waals surface area contributed by atoms with Gasteiger partial charge in [-0.3, -0.25) is 9.59 Å². The number of rotatable bonds is 4. The molecule has 2 N–H and O–H groups in total. The van der Waals surface area contributed by atoms with Gasteiger partial charge >= 0.3 is 11.1 Å². The van der Waals surface area contributed by atoms with Crippen molar-refractivity contribution in [3.8, 4) is 0 Å². The van der Waals surface area contributed by atoms with Crippen LogP contribution in [0.15, 0.2) is 38.9 Å². The van der Waals surface area contributed by atoms with E-state index in [2.05, 4.69) is 19.5 Å². The van der Waals surface area contributed by atoms with Gasteiger partial charge in [0.25, 0.3) is 0 Å². The van der Waals surface area contributed by atoms with Gasteiger partial charge in [0.2, 0.25) is 10.0 Å². The van der Waals surface area contributed by atoms with Crippen LogP contribution in [-0.4, -0.2) is 39.3 Å². The fraction of sp³-hybridized carbons (Fsp3) is 0.353. The lowest BCUT2D eigenvalue weighted by Crippen LogP contribution is -2.29. The van der Waals surface area contributed by atoms with Gasteiger partial charge in [0.15, 0.2) is 0 Å². The standard InChI is InChI=1S/C17H19N5O4S/c1-21(9-11-10-22-7-3-2-4-15(22)18-11)27(25,26)12-5-6-13-14(8-12)20-17(24)16(23)19-13/h5-6,8,10H,2-4,7,9H2,1H3,(H,19,23)(H,20,24). The lowest BCUT2D eigenvalue weighted by molar-refractivity contribution is 0.462. The van der Waals surface area contributed by atoms with E-state index in [0.717, 1.165) is 31.6 Å². The van der Waals surface area contributed by atoms with Gasteiger partial charge in [-0.15, -0.1) is 0 Å². The fourth-order valence-corrected chi connectivity index (χ4v) is 4.46. The third-order valence-corrected chi connectivity index (χ3v) is 6.54. The van der Waals surface area contributed by atoms with E-state index in [-0.39, 0.29) is 17.0 Å². The molecule has 0 bridgehead atoms. The van der Waals surface area contributed by atoms with Crippen LogP contribution in [-0.2, 0) is 29.5 Å². The Labute approximate surface area is 154 Å². The second kappa shape index (κ2) is 6.46. The Bertz CT molecular complexity index is 1210. The summed E-state index contributed by atoms with van der Waals surface area (Å²) in [6.07, 6.45) is 5.02. The number of aryl methyl sites for hydroxylation is 2. The van der Waals surface area contributed by atoms with Crippen molar-refractivity contribution in [2.24, 2.45) is 0 Å². The van der Waals surface area contributed by atoms with Crippen LogP contribution in [0.25, 0.3) is 11.0 Å². The van der Waals surface area contributed by atoms with Crippen molar-refractivity contribution in [3.63, 3.8) is 0 Å². The Morgan fingerprint density at radius 2 is 1.89 bits per heavy atom. The summed E-state index contributed by atoms with van der Waals surface area (Å²) >= 11 is 0.